The Balaban J connectivity index is 0.000000180. The zero-order valence-corrected chi connectivity index (χ0v) is 60.0. The topological polar surface area (TPSA) is 349 Å². The Morgan fingerprint density at radius 3 is 0.861 bits per heavy atom. The predicted octanol–water partition coefficient (Wildman–Crippen LogP) is 15.5. The molecule has 2 heterocycles. The number of carbonyl (C=O) groups excluding carboxylic acids is 6. The maximum absolute atomic E-state index is 12.9. The molecule has 0 saturated carbocycles. The summed E-state index contributed by atoms with van der Waals surface area (Å²) in [5, 5.41) is 43.5. The number of nitrogen functional groups attached to an aromatic ring is 1. The van der Waals surface area contributed by atoms with Crippen molar-refractivity contribution in [3.05, 3.63) is 328 Å². The Kier molecular flexibility index (Phi) is 29.4. The summed E-state index contributed by atoms with van der Waals surface area (Å²) < 4.78 is 0. The van der Waals surface area contributed by atoms with Gasteiger partial charge < -0.3 is 49.1 Å². The Hall–Kier alpha value is -13.7. The number of amidine groups is 2. The Bertz CT molecular complexity index is 4870. The van der Waals surface area contributed by atoms with Crippen molar-refractivity contribution in [1.29, 1.82) is 15.8 Å². The number of anilines is 5. The van der Waals surface area contributed by atoms with Crippen LogP contribution in [0.15, 0.2) is 277 Å². The zero-order valence-electron chi connectivity index (χ0n) is 58.4. The number of benzene rings is 11. The second kappa shape index (κ2) is 40.4. The van der Waals surface area contributed by atoms with Gasteiger partial charge in [0.2, 0.25) is 0 Å². The van der Waals surface area contributed by atoms with Gasteiger partial charge in [-0.3, -0.25) is 38.8 Å². The first kappa shape index (κ1) is 78.5. The quantitative estimate of drug-likeness (QED) is 0.0302. The fourth-order valence-electron chi connectivity index (χ4n) is 10.7. The normalized spacial score (nSPS) is 11.5. The van der Waals surface area contributed by atoms with E-state index in [1.54, 1.807) is 170 Å². The molecule has 11 aromatic carbocycles. The lowest BCUT2D eigenvalue weighted by molar-refractivity contribution is 0.101. The first-order valence-corrected chi connectivity index (χ1v) is 35.0. The van der Waals surface area contributed by atoms with Crippen LogP contribution in [0.4, 0.5) is 28.4 Å². The minimum absolute atomic E-state index is 0.181. The Labute approximate surface area is 635 Å². The number of rotatable bonds is 17. The molecule has 4 amide bonds. The summed E-state index contributed by atoms with van der Waals surface area (Å²) in [5.41, 5.74) is 30.7. The number of nitrogens with two attached hydrogens (primary N) is 3. The molecule has 12 N–H and O–H groups in total. The Morgan fingerprint density at radius 1 is 0.352 bits per heavy atom. The van der Waals surface area contributed by atoms with E-state index < -0.39 is 10.5 Å². The molecule has 2 aliphatic heterocycles. The lowest BCUT2D eigenvalue weighted by Crippen LogP contribution is -2.30. The highest BCUT2D eigenvalue weighted by molar-refractivity contribution is 6.68. The maximum atomic E-state index is 12.9. The van der Waals surface area contributed by atoms with Crippen molar-refractivity contribution >= 4 is 97.4 Å². The van der Waals surface area contributed by atoms with E-state index in [1.165, 1.54) is 0 Å². The number of carbonyl (C=O) groups is 6. The standard InChI is InChI=1S/C34H32N6O2.C28H18N4O2.C14H8Cl2O2.C7H6N2.C3H10N2/c41-33(39-29-7-1-5-27(21-29)31-35-17-3-18-36-31)25-13-9-23(10-14-25)24-11-15-26(16-12-24)34(42)40-30-8-2-6-28(22-30)32-37-19-4-20-38-32;29-17-19-3-1-5-25(15-19)31-27(33)23-11-7-21(8-12-23)22-9-13-24(14-10-22)28(34)32-26-6-2-4-20(16-26)18-30;15-13(17)11-5-1-9(2-6-11)10-3-7-12(8-4-10)14(16)18;8-5-6-2-1-3-7(9)4-6;4-2-1-3-5/h1-2,5-16,21-22H,3-4,17-20H2,(H,35,36)(H,37,38)(H,39,41)(H,40,42);1-16H,(H,31,33)(H,32,34);1-8H;1-4H,9H2;1-5H2. The fourth-order valence-corrected chi connectivity index (χ4v) is 10.9. The van der Waals surface area contributed by atoms with Crippen molar-refractivity contribution in [2.24, 2.45) is 21.5 Å². The van der Waals surface area contributed by atoms with Gasteiger partial charge in [0.1, 0.15) is 11.7 Å². The molecule has 22 heteroatoms. The van der Waals surface area contributed by atoms with Crippen LogP contribution >= 0.6 is 23.2 Å². The third-order valence-corrected chi connectivity index (χ3v) is 16.8. The number of nitriles is 3. The van der Waals surface area contributed by atoms with Crippen LogP contribution in [0.5, 0.6) is 0 Å². The van der Waals surface area contributed by atoms with Crippen LogP contribution in [-0.4, -0.2) is 85.1 Å². The van der Waals surface area contributed by atoms with E-state index in [4.69, 9.17) is 56.2 Å². The van der Waals surface area contributed by atoms with Crippen LogP contribution in [-0.2, 0) is 0 Å². The molecule has 0 saturated heterocycles. The first-order valence-electron chi connectivity index (χ1n) is 34.2. The summed E-state index contributed by atoms with van der Waals surface area (Å²) in [5.74, 6) is 0.826. The highest BCUT2D eigenvalue weighted by atomic mass is 35.5. The molecule has 13 rings (SSSR count). The number of aliphatic imine (C=N–C) groups is 2. The fraction of sp³-hybridized carbons (Fsp3) is 0.105. The van der Waals surface area contributed by atoms with E-state index in [0.717, 1.165) is 126 Å². The van der Waals surface area contributed by atoms with Gasteiger partial charge in [-0.1, -0.05) is 115 Å². The number of hydrogen-bond acceptors (Lipinski definition) is 16. The van der Waals surface area contributed by atoms with Crippen LogP contribution in [0.25, 0.3) is 33.4 Å². The molecule has 20 nitrogen and oxygen atoms in total. The average Bonchev–Trinajstić information content (AvgIpc) is 0.807. The minimum atomic E-state index is -0.482. The lowest BCUT2D eigenvalue weighted by atomic mass is 10.0. The number of hydrogen-bond donors (Lipinski definition) is 9. The summed E-state index contributed by atoms with van der Waals surface area (Å²) >= 11 is 10.7. The van der Waals surface area contributed by atoms with Crippen LogP contribution in [0.1, 0.15) is 109 Å². The van der Waals surface area contributed by atoms with E-state index in [-0.39, 0.29) is 23.6 Å². The second-order valence-electron chi connectivity index (χ2n) is 24.1. The van der Waals surface area contributed by atoms with Crippen LogP contribution in [0.2, 0.25) is 0 Å². The van der Waals surface area contributed by atoms with Gasteiger partial charge in [-0.2, -0.15) is 15.8 Å². The van der Waals surface area contributed by atoms with Crippen LogP contribution in [0, 0.1) is 34.0 Å². The van der Waals surface area contributed by atoms with E-state index in [9.17, 15) is 28.8 Å². The van der Waals surface area contributed by atoms with Crippen LogP contribution < -0.4 is 49.1 Å². The molecule has 0 spiro atoms. The molecule has 0 unspecified atom stereocenters. The van der Waals surface area contributed by atoms with Gasteiger partial charge in [-0.05, 0) is 241 Å². The highest BCUT2D eigenvalue weighted by Gasteiger charge is 2.16. The van der Waals surface area contributed by atoms with Crippen LogP contribution in [0.3, 0.4) is 0 Å². The highest BCUT2D eigenvalue weighted by Crippen LogP contribution is 2.26. The van der Waals surface area contributed by atoms with Crippen molar-refractivity contribution in [3.8, 4) is 51.6 Å². The second-order valence-corrected chi connectivity index (χ2v) is 24.8. The molecule has 0 bridgehead atoms. The molecular formula is C86H74Cl2N14O6. The lowest BCUT2D eigenvalue weighted by Gasteiger charge is -2.15. The van der Waals surface area contributed by atoms with Gasteiger partial charge >= 0.3 is 0 Å². The third-order valence-electron chi connectivity index (χ3n) is 16.3. The maximum Gasteiger partial charge on any atom is 0.255 e. The molecule has 0 atom stereocenters. The largest absolute Gasteiger partial charge is 0.399 e. The summed E-state index contributed by atoms with van der Waals surface area (Å²) in [6.45, 7) is 4.87. The van der Waals surface area contributed by atoms with Crippen molar-refractivity contribution in [2.45, 2.75) is 19.3 Å². The zero-order chi connectivity index (χ0) is 76.6. The van der Waals surface area contributed by atoms with Crippen molar-refractivity contribution in [3.63, 3.8) is 0 Å². The predicted molar refractivity (Wildman–Crippen MR) is 429 cm³/mol. The van der Waals surface area contributed by atoms with E-state index in [2.05, 4.69) is 41.9 Å². The molecule has 108 heavy (non-hydrogen) atoms. The van der Waals surface area contributed by atoms with Crippen molar-refractivity contribution < 1.29 is 28.8 Å². The number of halogens is 2. The Morgan fingerprint density at radius 2 is 0.620 bits per heavy atom. The SMILES string of the molecule is N#Cc1cccc(N)c1.N#Cc1cccc(NC(=O)c2ccc(-c3ccc(C(=O)Nc4cccc(C#N)c4)cc3)cc2)c1.NCCCN.O=C(Cl)c1ccc(-c2ccc(C(=O)Cl)cc2)cc1.O=C(Nc1cccc(C2=NCCCN2)c1)c1ccc(-c2ccc(C(=O)Nc3cccc(C4=NCCCN4)c3)cc2)cc1. The minimum Gasteiger partial charge on any atom is -0.399 e. The molecule has 0 aromatic heterocycles. The van der Waals surface area contributed by atoms with Gasteiger partial charge in [0, 0.05) is 99.1 Å². The number of nitrogens with one attached hydrogen (secondary N) is 6. The molecule has 538 valence electrons. The van der Waals surface area contributed by atoms with Gasteiger partial charge in [0.15, 0.2) is 0 Å². The van der Waals surface area contributed by atoms with Gasteiger partial charge in [0.25, 0.3) is 34.1 Å². The summed E-state index contributed by atoms with van der Waals surface area (Å²) in [4.78, 5) is 81.8. The molecule has 0 radical (unpaired) electrons. The first-order chi connectivity index (χ1) is 52.5. The molecule has 0 fully saturated rings. The third kappa shape index (κ3) is 23.7. The van der Waals surface area contributed by atoms with E-state index in [1.807, 2.05) is 115 Å². The van der Waals surface area contributed by atoms with Crippen molar-refractivity contribution in [2.75, 3.05) is 66.3 Å². The summed E-state index contributed by atoms with van der Waals surface area (Å²) in [7, 11) is 0. The van der Waals surface area contributed by atoms with E-state index >= 15 is 0 Å². The monoisotopic (exact) mass is 1470 g/mol. The number of nitrogens with zero attached hydrogens (tertiary/aromatic N) is 5. The van der Waals surface area contributed by atoms with Gasteiger partial charge in [-0.25, -0.2) is 0 Å². The summed E-state index contributed by atoms with van der Waals surface area (Å²) in [6, 6.07) is 84.7. The average molecular weight is 1470 g/mol. The van der Waals surface area contributed by atoms with Crippen molar-refractivity contribution in [1.82, 2.24) is 10.6 Å². The number of amides is 4. The molecule has 11 aromatic rings. The molecule has 0 aliphatic carbocycles. The molecular weight excluding hydrogens is 1400 g/mol. The van der Waals surface area contributed by atoms with E-state index in [0.29, 0.717) is 67.1 Å². The molecule has 2 aliphatic rings. The van der Waals surface area contributed by atoms with Gasteiger partial charge in [-0.15, -0.1) is 0 Å². The van der Waals surface area contributed by atoms with Gasteiger partial charge in [0.05, 0.1) is 34.9 Å². The smallest absolute Gasteiger partial charge is 0.255 e. The summed E-state index contributed by atoms with van der Waals surface area (Å²) in [6.07, 6.45) is 3.00.